The van der Waals surface area contributed by atoms with E-state index in [4.69, 9.17) is 4.74 Å². The number of rotatable bonds is 3. The van der Waals surface area contributed by atoms with E-state index in [1.165, 1.54) is 4.68 Å². The number of hydrogen-bond donors (Lipinski definition) is 1. The molecule has 21 heavy (non-hydrogen) atoms. The van der Waals surface area contributed by atoms with Crippen molar-refractivity contribution in [2.45, 2.75) is 0 Å². The molecule has 0 amide bonds. The summed E-state index contributed by atoms with van der Waals surface area (Å²) in [7, 11) is 1.61. The van der Waals surface area contributed by atoms with Gasteiger partial charge in [-0.05, 0) is 35.7 Å². The normalized spacial score (nSPS) is 10.6. The minimum atomic E-state index is -0.100. The Balaban J connectivity index is 2.04. The van der Waals surface area contributed by atoms with E-state index in [1.807, 2.05) is 48.5 Å². The van der Waals surface area contributed by atoms with Crippen molar-refractivity contribution in [3.05, 3.63) is 69.6 Å². The number of pyridine rings is 1. The second-order valence-corrected chi connectivity index (χ2v) is 5.48. The third-order valence-electron chi connectivity index (χ3n) is 3.19. The minimum Gasteiger partial charge on any atom is -0.497 e. The molecule has 3 aromatic rings. The molecule has 0 aliphatic rings. The zero-order valence-electron chi connectivity index (χ0n) is 11.3. The summed E-state index contributed by atoms with van der Waals surface area (Å²) in [6, 6.07) is 15.0. The van der Waals surface area contributed by atoms with Gasteiger partial charge in [0, 0.05) is 16.7 Å². The van der Waals surface area contributed by atoms with Crippen LogP contribution in [-0.4, -0.2) is 11.8 Å². The molecule has 0 saturated carbocycles. The van der Waals surface area contributed by atoms with Gasteiger partial charge in [-0.3, -0.25) is 10.2 Å². The second-order valence-electron chi connectivity index (χ2n) is 4.57. The Hall–Kier alpha value is -2.27. The van der Waals surface area contributed by atoms with E-state index in [0.29, 0.717) is 5.39 Å². The number of halogens is 1. The number of hydrogen-bond acceptors (Lipinski definition) is 3. The Morgan fingerprint density at radius 3 is 2.81 bits per heavy atom. The molecule has 0 fully saturated rings. The number of nitrogens with one attached hydrogen (secondary N) is 1. The van der Waals surface area contributed by atoms with Gasteiger partial charge >= 0.3 is 0 Å². The molecule has 1 heterocycles. The predicted octanol–water partition coefficient (Wildman–Crippen LogP) is 3.65. The molecular weight excluding hydrogens is 332 g/mol. The number of anilines is 1. The van der Waals surface area contributed by atoms with Gasteiger partial charge in [-0.2, -0.15) is 0 Å². The maximum Gasteiger partial charge on any atom is 0.277 e. The highest BCUT2D eigenvalue weighted by molar-refractivity contribution is 9.10. The van der Waals surface area contributed by atoms with Crippen LogP contribution in [0.1, 0.15) is 0 Å². The van der Waals surface area contributed by atoms with E-state index in [2.05, 4.69) is 21.4 Å². The van der Waals surface area contributed by atoms with E-state index in [9.17, 15) is 4.79 Å². The van der Waals surface area contributed by atoms with Crippen LogP contribution in [0.15, 0.2) is 64.0 Å². The van der Waals surface area contributed by atoms with E-state index in [0.717, 1.165) is 21.3 Å². The third-order valence-corrected chi connectivity index (χ3v) is 3.68. The van der Waals surface area contributed by atoms with Gasteiger partial charge in [0.15, 0.2) is 0 Å². The lowest BCUT2D eigenvalue weighted by Crippen LogP contribution is -2.25. The Labute approximate surface area is 130 Å². The fraction of sp³-hybridized carbons (Fsp3) is 0.0625. The number of fused-ring (bicyclic) bond motifs is 1. The molecule has 2 aromatic carbocycles. The molecule has 106 valence electrons. The van der Waals surface area contributed by atoms with Crippen molar-refractivity contribution in [3.8, 4) is 5.75 Å². The quantitative estimate of drug-likeness (QED) is 0.788. The highest BCUT2D eigenvalue weighted by atomic mass is 79.9. The lowest BCUT2D eigenvalue weighted by molar-refractivity contribution is 0.415. The summed E-state index contributed by atoms with van der Waals surface area (Å²) < 4.78 is 7.52. The van der Waals surface area contributed by atoms with Gasteiger partial charge in [-0.15, -0.1) is 0 Å². The monoisotopic (exact) mass is 344 g/mol. The molecule has 0 aliphatic carbocycles. The first-order chi connectivity index (χ1) is 10.2. The van der Waals surface area contributed by atoms with Gasteiger partial charge in [-0.25, -0.2) is 4.68 Å². The van der Waals surface area contributed by atoms with Gasteiger partial charge in [0.1, 0.15) is 5.75 Å². The molecule has 0 saturated heterocycles. The highest BCUT2D eigenvalue weighted by Crippen LogP contribution is 2.18. The van der Waals surface area contributed by atoms with Crippen molar-refractivity contribution in [1.29, 1.82) is 0 Å². The zero-order chi connectivity index (χ0) is 14.8. The molecule has 3 rings (SSSR count). The van der Waals surface area contributed by atoms with E-state index in [1.54, 1.807) is 13.3 Å². The van der Waals surface area contributed by atoms with E-state index < -0.39 is 0 Å². The first kappa shape index (κ1) is 13.7. The first-order valence-electron chi connectivity index (χ1n) is 6.39. The van der Waals surface area contributed by atoms with Crippen LogP contribution in [0.4, 0.5) is 5.69 Å². The summed E-state index contributed by atoms with van der Waals surface area (Å²) in [5, 5.41) is 1.56. The molecule has 4 nitrogen and oxygen atoms in total. The molecular formula is C16H13BrN2O2. The zero-order valence-corrected chi connectivity index (χ0v) is 12.9. The largest absolute Gasteiger partial charge is 0.497 e. The van der Waals surface area contributed by atoms with Gasteiger partial charge in [0.05, 0.1) is 18.2 Å². The van der Waals surface area contributed by atoms with Gasteiger partial charge in [-0.1, -0.05) is 28.1 Å². The predicted molar refractivity (Wildman–Crippen MR) is 87.9 cm³/mol. The summed E-state index contributed by atoms with van der Waals surface area (Å²) in [6.45, 7) is 0. The van der Waals surface area contributed by atoms with Crippen LogP contribution in [0.25, 0.3) is 10.8 Å². The first-order valence-corrected chi connectivity index (χ1v) is 7.19. The molecule has 1 N–H and O–H groups in total. The topological polar surface area (TPSA) is 43.3 Å². The van der Waals surface area contributed by atoms with Crippen molar-refractivity contribution in [3.63, 3.8) is 0 Å². The molecule has 0 aliphatic heterocycles. The van der Waals surface area contributed by atoms with Crippen LogP contribution in [0.5, 0.6) is 5.75 Å². The van der Waals surface area contributed by atoms with Crippen LogP contribution < -0.4 is 15.7 Å². The average Bonchev–Trinajstić information content (AvgIpc) is 2.51. The van der Waals surface area contributed by atoms with Crippen molar-refractivity contribution in [2.24, 2.45) is 0 Å². The van der Waals surface area contributed by atoms with Crippen molar-refractivity contribution in [1.82, 2.24) is 4.68 Å². The van der Waals surface area contributed by atoms with Gasteiger partial charge in [0.25, 0.3) is 5.56 Å². The lowest BCUT2D eigenvalue weighted by Gasteiger charge is -2.11. The molecule has 1 aromatic heterocycles. The minimum absolute atomic E-state index is 0.100. The Bertz CT molecular complexity index is 858. The van der Waals surface area contributed by atoms with Crippen LogP contribution in [0.3, 0.4) is 0 Å². The van der Waals surface area contributed by atoms with Crippen molar-refractivity contribution >= 4 is 32.4 Å². The molecule has 0 spiro atoms. The Morgan fingerprint density at radius 1 is 1.14 bits per heavy atom. The lowest BCUT2D eigenvalue weighted by atomic mass is 10.2. The number of benzene rings is 2. The Kier molecular flexibility index (Phi) is 3.66. The summed E-state index contributed by atoms with van der Waals surface area (Å²) in [5.41, 5.74) is 3.75. The number of aromatic nitrogens is 1. The Morgan fingerprint density at radius 2 is 2.00 bits per heavy atom. The van der Waals surface area contributed by atoms with Crippen LogP contribution in [-0.2, 0) is 0 Å². The summed E-state index contributed by atoms with van der Waals surface area (Å²) in [4.78, 5) is 12.5. The maximum atomic E-state index is 12.5. The van der Waals surface area contributed by atoms with Crippen LogP contribution in [0, 0.1) is 0 Å². The van der Waals surface area contributed by atoms with Crippen LogP contribution in [0.2, 0.25) is 0 Å². The van der Waals surface area contributed by atoms with E-state index in [-0.39, 0.29) is 5.56 Å². The van der Waals surface area contributed by atoms with E-state index >= 15 is 0 Å². The van der Waals surface area contributed by atoms with Crippen molar-refractivity contribution in [2.75, 3.05) is 12.5 Å². The molecule has 0 radical (unpaired) electrons. The van der Waals surface area contributed by atoms with Gasteiger partial charge < -0.3 is 4.74 Å². The highest BCUT2D eigenvalue weighted by Gasteiger charge is 2.04. The number of ether oxygens (including phenoxy) is 1. The number of nitrogens with zero attached hydrogens (tertiary/aromatic N) is 1. The molecule has 0 unspecified atom stereocenters. The van der Waals surface area contributed by atoms with Gasteiger partial charge in [0.2, 0.25) is 0 Å². The maximum absolute atomic E-state index is 12.5. The molecule has 5 heteroatoms. The summed E-state index contributed by atoms with van der Waals surface area (Å²) >= 11 is 3.39. The summed E-state index contributed by atoms with van der Waals surface area (Å²) in [5.74, 6) is 0.733. The molecule has 0 atom stereocenters. The summed E-state index contributed by atoms with van der Waals surface area (Å²) in [6.07, 6.45) is 1.72. The second kappa shape index (κ2) is 5.61. The smallest absolute Gasteiger partial charge is 0.277 e. The fourth-order valence-corrected chi connectivity index (χ4v) is 2.49. The average molecular weight is 345 g/mol. The number of methoxy groups -OCH3 is 1. The third kappa shape index (κ3) is 2.78. The van der Waals surface area contributed by atoms with Crippen molar-refractivity contribution < 1.29 is 4.74 Å². The SMILES string of the molecule is COc1cccc(Nn2ccc3ccc(Br)cc3c2=O)c1. The standard InChI is InChI=1S/C16H13BrN2O2/c1-21-14-4-2-3-13(10-14)18-19-8-7-11-5-6-12(17)9-15(11)16(19)20/h2-10,18H,1H3. The fourth-order valence-electron chi connectivity index (χ4n) is 2.13. The molecule has 0 bridgehead atoms. The van der Waals surface area contributed by atoms with Crippen LogP contribution >= 0.6 is 15.9 Å².